The number of anilines is 2. The summed E-state index contributed by atoms with van der Waals surface area (Å²) in [5.41, 5.74) is 3.26. The van der Waals surface area contributed by atoms with Crippen LogP contribution in [0, 0.1) is 0 Å². The molecular formula is C39H26Cl4N4O3S2. The molecule has 0 aliphatic heterocycles. The second-order valence-corrected chi connectivity index (χ2v) is 14.7. The first-order valence-electron chi connectivity index (χ1n) is 15.5. The summed E-state index contributed by atoms with van der Waals surface area (Å²) in [4.78, 5) is 46.0. The van der Waals surface area contributed by atoms with E-state index >= 15 is 0 Å². The van der Waals surface area contributed by atoms with Crippen molar-refractivity contribution >= 4 is 104 Å². The first-order valence-corrected chi connectivity index (χ1v) is 18.8. The molecule has 1 aromatic heterocycles. The fourth-order valence-corrected chi connectivity index (χ4v) is 7.60. The van der Waals surface area contributed by atoms with Crippen molar-refractivity contribution < 1.29 is 14.4 Å². The van der Waals surface area contributed by atoms with E-state index in [1.165, 1.54) is 29.2 Å². The van der Waals surface area contributed by atoms with E-state index in [1.54, 1.807) is 84.9 Å². The number of carbonyl (C=O) groups is 3. The van der Waals surface area contributed by atoms with Crippen molar-refractivity contribution in [2.45, 2.75) is 10.1 Å². The third-order valence-corrected chi connectivity index (χ3v) is 10.8. The molecule has 0 aliphatic carbocycles. The molecule has 52 heavy (non-hydrogen) atoms. The molecule has 1 atom stereocenters. The SMILES string of the molecule is O=C(Nc1cccc(SC(C(=O)Nc2nc(-c3ccc(Cl)cc3Cl)cs2)c2ccccc2)c1)/C(=C\c1cccc(Cl)c1Cl)NC(=O)c1ccccc1. The lowest BCUT2D eigenvalue weighted by atomic mass is 10.1. The summed E-state index contributed by atoms with van der Waals surface area (Å²) in [5, 5.41) is 11.6. The molecule has 0 aliphatic rings. The highest BCUT2D eigenvalue weighted by atomic mass is 35.5. The van der Waals surface area contributed by atoms with Crippen LogP contribution in [0.2, 0.25) is 20.1 Å². The molecule has 6 aromatic rings. The van der Waals surface area contributed by atoms with Crippen molar-refractivity contribution in [1.29, 1.82) is 0 Å². The summed E-state index contributed by atoms with van der Waals surface area (Å²) >= 11 is 27.7. The van der Waals surface area contributed by atoms with Crippen LogP contribution in [0.25, 0.3) is 17.3 Å². The number of amides is 3. The van der Waals surface area contributed by atoms with Crippen LogP contribution >= 0.6 is 69.5 Å². The van der Waals surface area contributed by atoms with E-state index in [2.05, 4.69) is 20.9 Å². The largest absolute Gasteiger partial charge is 0.321 e. The Kier molecular flexibility index (Phi) is 12.3. The Labute approximate surface area is 328 Å². The van der Waals surface area contributed by atoms with Gasteiger partial charge in [0.1, 0.15) is 10.9 Å². The summed E-state index contributed by atoms with van der Waals surface area (Å²) < 4.78 is 0. The van der Waals surface area contributed by atoms with Gasteiger partial charge in [-0.05, 0) is 71.8 Å². The van der Waals surface area contributed by atoms with Gasteiger partial charge >= 0.3 is 0 Å². The molecule has 0 spiro atoms. The van der Waals surface area contributed by atoms with Crippen molar-refractivity contribution in [3.05, 3.63) is 169 Å². The third-order valence-electron chi connectivity index (χ3n) is 7.44. The predicted octanol–water partition coefficient (Wildman–Crippen LogP) is 11.3. The number of thiazole rings is 1. The van der Waals surface area contributed by atoms with Crippen molar-refractivity contribution in [2.75, 3.05) is 10.6 Å². The number of nitrogens with one attached hydrogen (secondary N) is 3. The summed E-state index contributed by atoms with van der Waals surface area (Å²) in [5.74, 6) is -1.37. The van der Waals surface area contributed by atoms with Gasteiger partial charge in [0.05, 0.1) is 20.8 Å². The number of rotatable bonds is 11. The highest BCUT2D eigenvalue weighted by Gasteiger charge is 2.24. The molecule has 5 aromatic carbocycles. The van der Waals surface area contributed by atoms with Crippen LogP contribution < -0.4 is 16.0 Å². The van der Waals surface area contributed by atoms with Crippen LogP contribution in [-0.2, 0) is 9.59 Å². The minimum absolute atomic E-state index is 0.0553. The molecule has 260 valence electrons. The van der Waals surface area contributed by atoms with Crippen molar-refractivity contribution in [3.8, 4) is 11.3 Å². The van der Waals surface area contributed by atoms with Crippen LogP contribution in [0.1, 0.15) is 26.7 Å². The van der Waals surface area contributed by atoms with E-state index in [4.69, 9.17) is 46.4 Å². The van der Waals surface area contributed by atoms with Crippen LogP contribution in [0.4, 0.5) is 10.8 Å². The van der Waals surface area contributed by atoms with E-state index in [9.17, 15) is 14.4 Å². The summed E-state index contributed by atoms with van der Waals surface area (Å²) in [7, 11) is 0. The maximum atomic E-state index is 13.8. The molecule has 3 amide bonds. The number of nitrogens with zero attached hydrogens (tertiary/aromatic N) is 1. The molecule has 1 heterocycles. The Bertz CT molecular complexity index is 2280. The molecular weight excluding hydrogens is 778 g/mol. The number of halogens is 4. The monoisotopic (exact) mass is 802 g/mol. The average molecular weight is 805 g/mol. The highest BCUT2D eigenvalue weighted by Crippen LogP contribution is 2.38. The Hall–Kier alpha value is -4.61. The maximum absolute atomic E-state index is 13.8. The highest BCUT2D eigenvalue weighted by molar-refractivity contribution is 8.00. The Morgan fingerprint density at radius 1 is 0.750 bits per heavy atom. The normalized spacial score (nSPS) is 11.8. The van der Waals surface area contributed by atoms with Gasteiger partial charge in [-0.2, -0.15) is 0 Å². The fraction of sp³-hybridized carbons (Fsp3) is 0.0256. The number of hydrogen-bond acceptors (Lipinski definition) is 6. The van der Waals surface area contributed by atoms with Crippen molar-refractivity contribution in [2.24, 2.45) is 0 Å². The molecule has 0 saturated heterocycles. The minimum atomic E-state index is -0.677. The topological polar surface area (TPSA) is 100 Å². The van der Waals surface area contributed by atoms with E-state index in [0.717, 1.165) is 5.56 Å². The van der Waals surface area contributed by atoms with Crippen molar-refractivity contribution in [1.82, 2.24) is 10.3 Å². The first-order chi connectivity index (χ1) is 25.1. The number of benzene rings is 5. The minimum Gasteiger partial charge on any atom is -0.321 e. The van der Waals surface area contributed by atoms with Crippen LogP contribution in [0.15, 0.2) is 137 Å². The zero-order chi connectivity index (χ0) is 36.6. The third kappa shape index (κ3) is 9.43. The van der Waals surface area contributed by atoms with Gasteiger partial charge in [0.15, 0.2) is 5.13 Å². The number of aromatic nitrogens is 1. The van der Waals surface area contributed by atoms with Gasteiger partial charge in [0.25, 0.3) is 11.8 Å². The Balaban J connectivity index is 1.22. The molecule has 0 fully saturated rings. The van der Waals surface area contributed by atoms with Crippen LogP contribution in [0.5, 0.6) is 0 Å². The lowest BCUT2D eigenvalue weighted by Gasteiger charge is -2.17. The lowest BCUT2D eigenvalue weighted by molar-refractivity contribution is -0.116. The zero-order valence-corrected chi connectivity index (χ0v) is 31.4. The number of thioether (sulfide) groups is 1. The molecule has 7 nitrogen and oxygen atoms in total. The van der Waals surface area contributed by atoms with Gasteiger partial charge in [-0.25, -0.2) is 4.98 Å². The predicted molar refractivity (Wildman–Crippen MR) is 215 cm³/mol. The summed E-state index contributed by atoms with van der Waals surface area (Å²) in [6, 6.07) is 35.1. The molecule has 0 saturated carbocycles. The van der Waals surface area contributed by atoms with Gasteiger partial charge in [-0.15, -0.1) is 23.1 Å². The first kappa shape index (κ1) is 37.2. The molecule has 0 bridgehead atoms. The van der Waals surface area contributed by atoms with Crippen LogP contribution in [-0.4, -0.2) is 22.7 Å². The maximum Gasteiger partial charge on any atom is 0.272 e. The Morgan fingerprint density at radius 2 is 1.48 bits per heavy atom. The number of hydrogen-bond donors (Lipinski definition) is 3. The Morgan fingerprint density at radius 3 is 2.23 bits per heavy atom. The summed E-state index contributed by atoms with van der Waals surface area (Å²) in [6.45, 7) is 0. The molecule has 3 N–H and O–H groups in total. The second-order valence-electron chi connectivity index (χ2n) is 11.1. The van der Waals surface area contributed by atoms with Crippen molar-refractivity contribution in [3.63, 3.8) is 0 Å². The van der Waals surface area contributed by atoms with E-state index < -0.39 is 17.1 Å². The molecule has 13 heteroatoms. The fourth-order valence-electron chi connectivity index (χ4n) is 4.94. The molecule has 1 unspecified atom stereocenters. The van der Waals surface area contributed by atoms with Gasteiger partial charge in [-0.3, -0.25) is 14.4 Å². The summed E-state index contributed by atoms with van der Waals surface area (Å²) in [6.07, 6.45) is 1.46. The van der Waals surface area contributed by atoms with Gasteiger partial charge in [0, 0.05) is 32.1 Å². The van der Waals surface area contributed by atoms with Gasteiger partial charge < -0.3 is 16.0 Å². The van der Waals surface area contributed by atoms with E-state index in [-0.39, 0.29) is 16.6 Å². The quantitative estimate of drug-likeness (QED) is 0.0894. The smallest absolute Gasteiger partial charge is 0.272 e. The van der Waals surface area contributed by atoms with Gasteiger partial charge in [0.2, 0.25) is 5.91 Å². The lowest BCUT2D eigenvalue weighted by Crippen LogP contribution is -2.30. The second kappa shape index (κ2) is 17.3. The van der Waals surface area contributed by atoms with Gasteiger partial charge in [-0.1, -0.05) is 113 Å². The molecule has 0 radical (unpaired) electrons. The van der Waals surface area contributed by atoms with E-state index in [1.807, 2.05) is 41.8 Å². The average Bonchev–Trinajstić information content (AvgIpc) is 3.60. The zero-order valence-electron chi connectivity index (χ0n) is 26.8. The standard InChI is InChI=1S/C39H26Cl4N4O3S2/c40-26-17-18-29(31(42)20-26)33-22-51-39(46-33)47-38(50)35(23-9-3-1-4-10-23)52-28-15-8-14-27(21-28)44-37(49)32(19-25-13-7-16-30(41)34(25)43)45-36(48)24-11-5-2-6-12-24/h1-22,35H,(H,44,49)(H,45,48)(H,46,47,50)/b32-19+. The van der Waals surface area contributed by atoms with Crippen LogP contribution in [0.3, 0.4) is 0 Å². The molecule has 6 rings (SSSR count). The number of carbonyl (C=O) groups excluding carboxylic acids is 3. The van der Waals surface area contributed by atoms with E-state index in [0.29, 0.717) is 53.2 Å².